The number of hydrogen-bond acceptors (Lipinski definition) is 5. The molecule has 1 amide bonds. The van der Waals surface area contributed by atoms with E-state index in [2.05, 4.69) is 10.2 Å². The highest BCUT2D eigenvalue weighted by molar-refractivity contribution is 5.69. The molecule has 0 aromatic heterocycles. The molecule has 0 radical (unpaired) electrons. The van der Waals surface area contributed by atoms with Crippen molar-refractivity contribution in [1.29, 1.82) is 0 Å². The Labute approximate surface area is 133 Å². The van der Waals surface area contributed by atoms with Crippen molar-refractivity contribution in [2.75, 3.05) is 39.4 Å². The molecular formula is C16H29N3O3. The fourth-order valence-corrected chi connectivity index (χ4v) is 3.80. The predicted octanol–water partition coefficient (Wildman–Crippen LogP) is 1.06. The second kappa shape index (κ2) is 6.34. The molecule has 3 saturated heterocycles. The van der Waals surface area contributed by atoms with Gasteiger partial charge in [-0.25, -0.2) is 4.79 Å². The molecule has 2 unspecified atom stereocenters. The predicted molar refractivity (Wildman–Crippen MR) is 83.9 cm³/mol. The van der Waals surface area contributed by atoms with Crippen LogP contribution in [0.5, 0.6) is 0 Å². The first kappa shape index (κ1) is 16.0. The molecule has 1 N–H and O–H groups in total. The third-order valence-electron chi connectivity index (χ3n) is 4.78. The van der Waals surface area contributed by atoms with Gasteiger partial charge in [-0.15, -0.1) is 0 Å². The van der Waals surface area contributed by atoms with Gasteiger partial charge >= 0.3 is 6.09 Å². The highest BCUT2D eigenvalue weighted by atomic mass is 16.6. The lowest BCUT2D eigenvalue weighted by atomic mass is 9.94. The number of ether oxygens (including phenoxy) is 2. The van der Waals surface area contributed by atoms with Gasteiger partial charge in [-0.1, -0.05) is 0 Å². The van der Waals surface area contributed by atoms with Gasteiger partial charge in [-0.2, -0.15) is 0 Å². The normalized spacial score (nSPS) is 33.6. The fraction of sp³-hybridized carbons (Fsp3) is 0.938. The number of nitrogens with one attached hydrogen (secondary N) is 1. The van der Waals surface area contributed by atoms with Crippen molar-refractivity contribution in [2.45, 2.75) is 57.3 Å². The molecular weight excluding hydrogens is 282 g/mol. The molecule has 6 nitrogen and oxygen atoms in total. The number of carbonyl (C=O) groups excluding carboxylic acids is 1. The van der Waals surface area contributed by atoms with Crippen molar-refractivity contribution in [3.05, 3.63) is 0 Å². The van der Waals surface area contributed by atoms with Crippen LogP contribution in [-0.2, 0) is 9.47 Å². The molecule has 0 spiro atoms. The zero-order chi connectivity index (χ0) is 15.7. The Morgan fingerprint density at radius 3 is 2.50 bits per heavy atom. The van der Waals surface area contributed by atoms with E-state index in [9.17, 15) is 4.79 Å². The maximum Gasteiger partial charge on any atom is 0.410 e. The molecule has 0 saturated carbocycles. The highest BCUT2D eigenvalue weighted by Gasteiger charge is 2.45. The van der Waals surface area contributed by atoms with E-state index >= 15 is 0 Å². The lowest BCUT2D eigenvalue weighted by molar-refractivity contribution is -0.0702. The Balaban J connectivity index is 1.70. The van der Waals surface area contributed by atoms with Crippen LogP contribution in [0.15, 0.2) is 0 Å². The molecule has 3 aliphatic heterocycles. The number of rotatable bonds is 1. The van der Waals surface area contributed by atoms with Crippen LogP contribution in [-0.4, -0.2) is 79.0 Å². The zero-order valence-electron chi connectivity index (χ0n) is 14.0. The summed E-state index contributed by atoms with van der Waals surface area (Å²) in [6.07, 6.45) is 2.32. The maximum absolute atomic E-state index is 12.5. The minimum absolute atomic E-state index is 0.0722. The lowest BCUT2D eigenvalue weighted by Gasteiger charge is -2.49. The second-order valence-electron chi connectivity index (χ2n) is 7.57. The third kappa shape index (κ3) is 3.39. The van der Waals surface area contributed by atoms with E-state index in [4.69, 9.17) is 9.47 Å². The van der Waals surface area contributed by atoms with Gasteiger partial charge in [0.05, 0.1) is 25.3 Å². The van der Waals surface area contributed by atoms with Crippen LogP contribution >= 0.6 is 0 Å². The molecule has 3 fully saturated rings. The van der Waals surface area contributed by atoms with E-state index in [1.807, 2.05) is 25.7 Å². The number of nitrogens with zero attached hydrogens (tertiary/aromatic N) is 2. The summed E-state index contributed by atoms with van der Waals surface area (Å²) in [5.41, 5.74) is -0.457. The van der Waals surface area contributed by atoms with Crippen LogP contribution in [0.1, 0.15) is 33.6 Å². The smallest absolute Gasteiger partial charge is 0.410 e. The summed E-state index contributed by atoms with van der Waals surface area (Å²) in [6.45, 7) is 10.9. The summed E-state index contributed by atoms with van der Waals surface area (Å²) >= 11 is 0. The van der Waals surface area contributed by atoms with Crippen molar-refractivity contribution in [3.8, 4) is 0 Å². The summed E-state index contributed by atoms with van der Waals surface area (Å²) in [4.78, 5) is 16.9. The summed E-state index contributed by atoms with van der Waals surface area (Å²) in [5, 5.41) is 3.62. The van der Waals surface area contributed by atoms with Crippen LogP contribution in [0.2, 0.25) is 0 Å². The number of amides is 1. The molecule has 6 heteroatoms. The van der Waals surface area contributed by atoms with E-state index in [-0.39, 0.29) is 18.2 Å². The van der Waals surface area contributed by atoms with Crippen LogP contribution in [0.25, 0.3) is 0 Å². The molecule has 0 aromatic rings. The SMILES string of the molecule is CC(C)(C)OC(=O)N1CCN[C@@H]2C(N3CCCC3)COCC21. The van der Waals surface area contributed by atoms with Crippen molar-refractivity contribution < 1.29 is 14.3 Å². The Kier molecular flexibility index (Phi) is 4.61. The molecule has 3 aliphatic rings. The summed E-state index contributed by atoms with van der Waals surface area (Å²) in [6, 6.07) is 0.725. The Morgan fingerprint density at radius 2 is 1.82 bits per heavy atom. The van der Waals surface area contributed by atoms with E-state index in [1.165, 1.54) is 12.8 Å². The minimum atomic E-state index is -0.457. The standard InChI is InChI=1S/C16H29N3O3/c1-16(2,3)22-15(20)19-9-6-17-14-12(10-21-11-13(14)19)18-7-4-5-8-18/h12-14,17H,4-11H2,1-3H3/t12?,13?,14-/m1/s1. The van der Waals surface area contributed by atoms with Crippen LogP contribution in [0.3, 0.4) is 0 Å². The average Bonchev–Trinajstić information content (AvgIpc) is 2.98. The third-order valence-corrected chi connectivity index (χ3v) is 4.78. The first-order chi connectivity index (χ1) is 10.5. The van der Waals surface area contributed by atoms with E-state index in [1.54, 1.807) is 0 Å². The molecule has 126 valence electrons. The van der Waals surface area contributed by atoms with Gasteiger partial charge in [0.2, 0.25) is 0 Å². The second-order valence-corrected chi connectivity index (χ2v) is 7.57. The van der Waals surface area contributed by atoms with Crippen molar-refractivity contribution in [1.82, 2.24) is 15.1 Å². The first-order valence-electron chi connectivity index (χ1n) is 8.50. The monoisotopic (exact) mass is 311 g/mol. The fourth-order valence-electron chi connectivity index (χ4n) is 3.80. The van der Waals surface area contributed by atoms with Gasteiger partial charge in [0.15, 0.2) is 0 Å². The maximum atomic E-state index is 12.5. The average molecular weight is 311 g/mol. The lowest BCUT2D eigenvalue weighted by Crippen LogP contribution is -2.70. The Morgan fingerprint density at radius 1 is 1.14 bits per heavy atom. The van der Waals surface area contributed by atoms with E-state index in [0.717, 1.165) is 26.2 Å². The quantitative estimate of drug-likeness (QED) is 0.785. The number of fused-ring (bicyclic) bond motifs is 1. The molecule has 0 aliphatic carbocycles. The Bertz CT molecular complexity index is 404. The molecule has 3 rings (SSSR count). The summed E-state index contributed by atoms with van der Waals surface area (Å²) in [5.74, 6) is 0. The number of piperazine rings is 1. The van der Waals surface area contributed by atoms with Gasteiger partial charge in [-0.3, -0.25) is 9.80 Å². The van der Waals surface area contributed by atoms with Crippen molar-refractivity contribution in [3.63, 3.8) is 0 Å². The van der Waals surface area contributed by atoms with Gasteiger partial charge < -0.3 is 14.8 Å². The highest BCUT2D eigenvalue weighted by Crippen LogP contribution is 2.25. The first-order valence-corrected chi connectivity index (χ1v) is 8.50. The summed E-state index contributed by atoms with van der Waals surface area (Å²) in [7, 11) is 0. The van der Waals surface area contributed by atoms with Crippen molar-refractivity contribution in [2.24, 2.45) is 0 Å². The summed E-state index contributed by atoms with van der Waals surface area (Å²) < 4.78 is 11.4. The topological polar surface area (TPSA) is 54.0 Å². The number of carbonyl (C=O) groups is 1. The number of likely N-dealkylation sites (tertiary alicyclic amines) is 1. The molecule has 0 aromatic carbocycles. The van der Waals surface area contributed by atoms with Crippen LogP contribution < -0.4 is 5.32 Å². The molecule has 0 bridgehead atoms. The molecule has 22 heavy (non-hydrogen) atoms. The minimum Gasteiger partial charge on any atom is -0.444 e. The Hall–Kier alpha value is -0.850. The van der Waals surface area contributed by atoms with Gasteiger partial charge in [0.25, 0.3) is 0 Å². The zero-order valence-corrected chi connectivity index (χ0v) is 14.0. The van der Waals surface area contributed by atoms with Gasteiger partial charge in [0, 0.05) is 19.1 Å². The van der Waals surface area contributed by atoms with Gasteiger partial charge in [0.1, 0.15) is 5.60 Å². The molecule has 3 atom stereocenters. The van der Waals surface area contributed by atoms with Crippen molar-refractivity contribution >= 4 is 6.09 Å². The van der Waals surface area contributed by atoms with E-state index in [0.29, 0.717) is 19.2 Å². The largest absolute Gasteiger partial charge is 0.444 e. The van der Waals surface area contributed by atoms with E-state index < -0.39 is 5.60 Å². The van der Waals surface area contributed by atoms with Crippen LogP contribution in [0.4, 0.5) is 4.79 Å². The van der Waals surface area contributed by atoms with Gasteiger partial charge in [-0.05, 0) is 46.7 Å². The van der Waals surface area contributed by atoms with Crippen LogP contribution in [0, 0.1) is 0 Å². The number of hydrogen-bond donors (Lipinski definition) is 1. The molecule has 3 heterocycles.